The summed E-state index contributed by atoms with van der Waals surface area (Å²) < 4.78 is 0. The summed E-state index contributed by atoms with van der Waals surface area (Å²) in [7, 11) is 0. The predicted octanol–water partition coefficient (Wildman–Crippen LogP) is 0.938. The van der Waals surface area contributed by atoms with E-state index < -0.39 is 0 Å². The number of rotatable bonds is 2. The van der Waals surface area contributed by atoms with Gasteiger partial charge in [-0.05, 0) is 19.1 Å². The van der Waals surface area contributed by atoms with Crippen LogP contribution in [0, 0.1) is 0 Å². The Morgan fingerprint density at radius 1 is 1.38 bits per heavy atom. The Balaban J connectivity index is 2.62. The number of aliphatic imine (C=N–C) groups is 1. The van der Waals surface area contributed by atoms with Crippen molar-refractivity contribution in [2.24, 2.45) is 10.8 Å². The maximum Gasteiger partial charge on any atom is 0.210 e. The molecule has 0 radical (unpaired) electrons. The van der Waals surface area contributed by atoms with Crippen molar-refractivity contribution in [3.8, 4) is 0 Å². The molecule has 4 nitrogen and oxygen atoms in total. The average molecular weight is 178 g/mol. The van der Waals surface area contributed by atoms with Gasteiger partial charge in [-0.2, -0.15) is 0 Å². The summed E-state index contributed by atoms with van der Waals surface area (Å²) in [5.74, 6) is 5.84. The third-order valence-corrected chi connectivity index (χ3v) is 1.49. The monoisotopic (exact) mass is 178 g/mol. The fourth-order valence-corrected chi connectivity index (χ4v) is 0.938. The summed E-state index contributed by atoms with van der Waals surface area (Å²) in [6, 6.07) is 9.74. The summed E-state index contributed by atoms with van der Waals surface area (Å²) in [6.45, 7) is 2.64. The van der Waals surface area contributed by atoms with Crippen molar-refractivity contribution in [3.05, 3.63) is 30.3 Å². The van der Waals surface area contributed by atoms with Gasteiger partial charge in [-0.1, -0.05) is 18.2 Å². The first kappa shape index (κ1) is 9.54. The van der Waals surface area contributed by atoms with E-state index in [0.717, 1.165) is 5.69 Å². The minimum Gasteiger partial charge on any atom is -0.325 e. The number of nitrogens with one attached hydrogen (secondary N) is 2. The Morgan fingerprint density at radius 3 is 2.62 bits per heavy atom. The van der Waals surface area contributed by atoms with Crippen LogP contribution in [0.5, 0.6) is 0 Å². The first-order valence-corrected chi connectivity index (χ1v) is 4.20. The second-order valence-corrected chi connectivity index (χ2v) is 2.46. The Morgan fingerprint density at radius 2 is 2.08 bits per heavy atom. The van der Waals surface area contributed by atoms with E-state index in [4.69, 9.17) is 5.84 Å². The Kier molecular flexibility index (Phi) is 3.78. The summed E-state index contributed by atoms with van der Waals surface area (Å²) in [5, 5.41) is 3.04. The second kappa shape index (κ2) is 5.16. The average Bonchev–Trinajstić information content (AvgIpc) is 2.19. The van der Waals surface area contributed by atoms with Crippen molar-refractivity contribution in [3.63, 3.8) is 0 Å². The van der Waals surface area contributed by atoms with Gasteiger partial charge in [0.25, 0.3) is 0 Å². The number of para-hydroxylation sites is 1. The third kappa shape index (κ3) is 3.13. The minimum atomic E-state index is 0.578. The van der Waals surface area contributed by atoms with Crippen LogP contribution in [-0.4, -0.2) is 12.5 Å². The molecule has 70 valence electrons. The first-order valence-electron chi connectivity index (χ1n) is 4.20. The zero-order chi connectivity index (χ0) is 9.52. The molecule has 0 fully saturated rings. The maximum absolute atomic E-state index is 5.26. The second-order valence-electron chi connectivity index (χ2n) is 2.46. The van der Waals surface area contributed by atoms with Crippen LogP contribution >= 0.6 is 0 Å². The van der Waals surface area contributed by atoms with Gasteiger partial charge >= 0.3 is 0 Å². The lowest BCUT2D eigenvalue weighted by molar-refractivity contribution is 0.986. The smallest absolute Gasteiger partial charge is 0.210 e. The molecule has 0 heterocycles. The Hall–Kier alpha value is -1.55. The highest BCUT2D eigenvalue weighted by Crippen LogP contribution is 2.03. The summed E-state index contributed by atoms with van der Waals surface area (Å²) >= 11 is 0. The molecule has 4 N–H and O–H groups in total. The fraction of sp³-hybridized carbons (Fsp3) is 0.222. The number of nitrogens with two attached hydrogens (primary N) is 1. The fourth-order valence-electron chi connectivity index (χ4n) is 0.938. The van der Waals surface area contributed by atoms with Crippen LogP contribution in [0.25, 0.3) is 0 Å². The van der Waals surface area contributed by atoms with Crippen LogP contribution in [0.2, 0.25) is 0 Å². The van der Waals surface area contributed by atoms with E-state index in [9.17, 15) is 0 Å². The van der Waals surface area contributed by atoms with E-state index in [1.807, 2.05) is 37.3 Å². The molecule has 4 heteroatoms. The van der Waals surface area contributed by atoms with Gasteiger partial charge in [-0.3, -0.25) is 10.4 Å². The molecule has 1 aromatic carbocycles. The summed E-state index contributed by atoms with van der Waals surface area (Å²) in [5.41, 5.74) is 3.46. The molecule has 1 rings (SSSR count). The predicted molar refractivity (Wildman–Crippen MR) is 55.4 cm³/mol. The van der Waals surface area contributed by atoms with E-state index in [0.29, 0.717) is 12.5 Å². The molecule has 13 heavy (non-hydrogen) atoms. The molecule has 0 aliphatic heterocycles. The molecule has 0 bridgehead atoms. The van der Waals surface area contributed by atoms with Crippen molar-refractivity contribution in [2.45, 2.75) is 6.92 Å². The number of hydrogen-bond acceptors (Lipinski definition) is 2. The lowest BCUT2D eigenvalue weighted by atomic mass is 10.3. The molecule has 0 atom stereocenters. The molecule has 0 amide bonds. The molecule has 0 saturated heterocycles. The van der Waals surface area contributed by atoms with Crippen molar-refractivity contribution >= 4 is 11.6 Å². The van der Waals surface area contributed by atoms with Gasteiger partial charge in [0.05, 0.1) is 0 Å². The minimum absolute atomic E-state index is 0.578. The highest BCUT2D eigenvalue weighted by molar-refractivity contribution is 5.93. The molecule has 0 unspecified atom stereocenters. The summed E-state index contributed by atoms with van der Waals surface area (Å²) in [6.07, 6.45) is 0. The van der Waals surface area contributed by atoms with E-state index >= 15 is 0 Å². The van der Waals surface area contributed by atoms with E-state index in [1.54, 1.807) is 0 Å². The number of hydrogen-bond donors (Lipinski definition) is 3. The van der Waals surface area contributed by atoms with Crippen molar-refractivity contribution in [2.75, 3.05) is 11.9 Å². The van der Waals surface area contributed by atoms with E-state index in [-0.39, 0.29) is 0 Å². The van der Waals surface area contributed by atoms with Crippen LogP contribution in [0.4, 0.5) is 5.69 Å². The molecule has 0 saturated carbocycles. The van der Waals surface area contributed by atoms with Gasteiger partial charge in [0, 0.05) is 12.2 Å². The number of hydrazine groups is 1. The van der Waals surface area contributed by atoms with Gasteiger partial charge < -0.3 is 5.32 Å². The first-order chi connectivity index (χ1) is 6.36. The number of anilines is 1. The van der Waals surface area contributed by atoms with Crippen LogP contribution in [0.3, 0.4) is 0 Å². The van der Waals surface area contributed by atoms with Gasteiger partial charge in [0.2, 0.25) is 5.96 Å². The van der Waals surface area contributed by atoms with Crippen LogP contribution in [0.1, 0.15) is 6.92 Å². The summed E-state index contributed by atoms with van der Waals surface area (Å²) in [4.78, 5) is 4.11. The van der Waals surface area contributed by atoms with Crippen LogP contribution in [0.15, 0.2) is 35.3 Å². The zero-order valence-corrected chi connectivity index (χ0v) is 7.62. The molecular formula is C9H14N4. The van der Waals surface area contributed by atoms with Crippen LogP contribution in [-0.2, 0) is 0 Å². The Bertz CT molecular complexity index is 268. The van der Waals surface area contributed by atoms with Crippen molar-refractivity contribution in [1.29, 1.82) is 0 Å². The van der Waals surface area contributed by atoms with Gasteiger partial charge in [-0.25, -0.2) is 5.84 Å². The SMILES string of the molecule is CCN=C(NN)Nc1ccccc1. The number of guanidine groups is 1. The lowest BCUT2D eigenvalue weighted by Crippen LogP contribution is -2.36. The Labute approximate surface area is 77.8 Å². The molecule has 0 aromatic heterocycles. The van der Waals surface area contributed by atoms with Crippen molar-refractivity contribution in [1.82, 2.24) is 5.43 Å². The van der Waals surface area contributed by atoms with E-state index in [2.05, 4.69) is 15.7 Å². The van der Waals surface area contributed by atoms with Gasteiger partial charge in [0.15, 0.2) is 0 Å². The van der Waals surface area contributed by atoms with E-state index in [1.165, 1.54) is 0 Å². The molecule has 0 aliphatic rings. The number of nitrogens with zero attached hydrogens (tertiary/aromatic N) is 1. The molecule has 1 aromatic rings. The highest BCUT2D eigenvalue weighted by atomic mass is 15.3. The number of benzene rings is 1. The molecule has 0 spiro atoms. The largest absolute Gasteiger partial charge is 0.325 e. The molecule has 0 aliphatic carbocycles. The lowest BCUT2D eigenvalue weighted by Gasteiger charge is -2.07. The zero-order valence-electron chi connectivity index (χ0n) is 7.62. The highest BCUT2D eigenvalue weighted by Gasteiger charge is 1.94. The standard InChI is InChI=1S/C9H14N4/c1-2-11-9(13-10)12-8-6-4-3-5-7-8/h3-7H,2,10H2,1H3,(H2,11,12,13). The quantitative estimate of drug-likeness (QED) is 0.273. The third-order valence-electron chi connectivity index (χ3n) is 1.49. The van der Waals surface area contributed by atoms with Gasteiger partial charge in [0.1, 0.15) is 0 Å². The maximum atomic E-state index is 5.26. The van der Waals surface area contributed by atoms with Crippen molar-refractivity contribution < 1.29 is 0 Å². The van der Waals surface area contributed by atoms with Crippen LogP contribution < -0.4 is 16.6 Å². The normalized spacial score (nSPS) is 11.1. The molecular weight excluding hydrogens is 164 g/mol. The van der Waals surface area contributed by atoms with Gasteiger partial charge in [-0.15, -0.1) is 0 Å². The topological polar surface area (TPSA) is 62.4 Å².